The van der Waals surface area contributed by atoms with Gasteiger partial charge >= 0.3 is 91.8 Å². The third kappa shape index (κ3) is 218. The molecule has 0 unspecified atom stereocenters. The van der Waals surface area contributed by atoms with E-state index in [9.17, 15) is 0 Å². The zero-order valence-corrected chi connectivity index (χ0v) is 5.21. The standard InChI is InChI=1S/BH3O3.2Ca.H4O4Si.4H/c2-1(3)4;;;1-5(2,3)4;;;;/h2-4H;;;1-4H;;;;. The molecule has 0 saturated heterocycles. The molecule has 0 amide bonds. The number of hydrogen-bond acceptors (Lipinski definition) is 7. The Morgan fingerprint density at radius 3 is 0.727 bits per heavy atom. The van der Waals surface area contributed by atoms with E-state index in [0.717, 1.165) is 0 Å². The van der Waals surface area contributed by atoms with Gasteiger partial charge in [-0.3, -0.25) is 0 Å². The van der Waals surface area contributed by atoms with Crippen molar-refractivity contribution >= 4 is 91.8 Å². The fourth-order valence-corrected chi connectivity index (χ4v) is 0. The Balaban J connectivity index is -0.0000000383. The molecule has 11 heteroatoms. The summed E-state index contributed by atoms with van der Waals surface area (Å²) >= 11 is 0. The van der Waals surface area contributed by atoms with Crippen LogP contribution in [-0.4, -0.2) is 126 Å². The van der Waals surface area contributed by atoms with E-state index in [4.69, 9.17) is 34.3 Å². The van der Waals surface area contributed by atoms with Crippen LogP contribution in [0.15, 0.2) is 0 Å². The van der Waals surface area contributed by atoms with Crippen LogP contribution in [0, 0.1) is 0 Å². The van der Waals surface area contributed by atoms with Crippen molar-refractivity contribution in [2.45, 2.75) is 0 Å². The van der Waals surface area contributed by atoms with Gasteiger partial charge in [0.1, 0.15) is 0 Å². The predicted octanol–water partition coefficient (Wildman–Crippen LogP) is -6.49. The van der Waals surface area contributed by atoms with Gasteiger partial charge < -0.3 is 34.3 Å². The van der Waals surface area contributed by atoms with Crippen molar-refractivity contribution in [1.29, 1.82) is 0 Å². The van der Waals surface area contributed by atoms with Crippen molar-refractivity contribution < 1.29 is 34.3 Å². The summed E-state index contributed by atoms with van der Waals surface area (Å²) in [4.78, 5) is 29.3. The molecule has 0 heterocycles. The van der Waals surface area contributed by atoms with Crippen molar-refractivity contribution in [1.82, 2.24) is 0 Å². The van der Waals surface area contributed by atoms with Crippen molar-refractivity contribution in [2.75, 3.05) is 0 Å². The van der Waals surface area contributed by atoms with Gasteiger partial charge in [-0.25, -0.2) is 0 Å². The van der Waals surface area contributed by atoms with E-state index in [1.807, 2.05) is 0 Å². The van der Waals surface area contributed by atoms with Crippen LogP contribution in [0.1, 0.15) is 0 Å². The monoisotopic (exact) mass is 242 g/mol. The van der Waals surface area contributed by atoms with Gasteiger partial charge in [0, 0.05) is 0 Å². The molecule has 0 saturated carbocycles. The molecular formula is H11BCa2O7Si. The molecule has 0 aromatic rings. The first-order valence-electron chi connectivity index (χ1n) is 1.67. The molecule has 0 aliphatic rings. The molecule has 0 aromatic carbocycles. The Bertz CT molecular complexity index is 53.2. The molecule has 0 fully saturated rings. The van der Waals surface area contributed by atoms with Crippen LogP contribution in [0.4, 0.5) is 0 Å². The minimum atomic E-state index is -4.61. The average molecular weight is 242 g/mol. The molecule has 0 radical (unpaired) electrons. The SMILES string of the molecule is OB(O)O.O[Si](O)(O)O.[CaH2].[CaH2]. The molecule has 64 valence electrons. The summed E-state index contributed by atoms with van der Waals surface area (Å²) in [5.41, 5.74) is 0. The van der Waals surface area contributed by atoms with Gasteiger partial charge in [0.25, 0.3) is 0 Å². The summed E-state index contributed by atoms with van der Waals surface area (Å²) in [5, 5.41) is 21.5. The molecule has 0 aliphatic heterocycles. The van der Waals surface area contributed by atoms with Gasteiger partial charge in [0.15, 0.2) is 0 Å². The van der Waals surface area contributed by atoms with E-state index in [-0.39, 0.29) is 75.5 Å². The van der Waals surface area contributed by atoms with E-state index in [1.54, 1.807) is 0 Å². The summed E-state index contributed by atoms with van der Waals surface area (Å²) in [5.74, 6) is 0. The molecule has 0 aliphatic carbocycles. The van der Waals surface area contributed by atoms with Gasteiger partial charge in [0.2, 0.25) is 0 Å². The Kier molecular flexibility index (Phi) is 26.6. The van der Waals surface area contributed by atoms with E-state index in [1.165, 1.54) is 0 Å². The molecule has 0 rings (SSSR count). The molecule has 0 bridgehead atoms. The van der Waals surface area contributed by atoms with Crippen molar-refractivity contribution in [3.63, 3.8) is 0 Å². The molecule has 11 heavy (non-hydrogen) atoms. The summed E-state index contributed by atoms with van der Waals surface area (Å²) < 4.78 is 0. The van der Waals surface area contributed by atoms with Crippen molar-refractivity contribution in [3.8, 4) is 0 Å². The third-order valence-electron chi connectivity index (χ3n) is 0. The van der Waals surface area contributed by atoms with Crippen LogP contribution in [-0.2, 0) is 0 Å². The van der Waals surface area contributed by atoms with E-state index in [2.05, 4.69) is 0 Å². The van der Waals surface area contributed by atoms with E-state index in [0.29, 0.717) is 0 Å². The summed E-state index contributed by atoms with van der Waals surface area (Å²) in [6.45, 7) is 0. The number of rotatable bonds is 0. The summed E-state index contributed by atoms with van der Waals surface area (Å²) in [7, 11) is -6.78. The Morgan fingerprint density at radius 2 is 0.727 bits per heavy atom. The Morgan fingerprint density at radius 1 is 0.727 bits per heavy atom. The molecule has 7 nitrogen and oxygen atoms in total. The zero-order chi connectivity index (χ0) is 8.08. The van der Waals surface area contributed by atoms with Gasteiger partial charge in [-0.1, -0.05) is 0 Å². The van der Waals surface area contributed by atoms with E-state index < -0.39 is 16.4 Å². The quantitative estimate of drug-likeness (QED) is 0.209. The number of hydrogen-bond donors (Lipinski definition) is 7. The molecule has 0 atom stereocenters. The van der Waals surface area contributed by atoms with Gasteiger partial charge in [-0.15, -0.1) is 0 Å². The van der Waals surface area contributed by atoms with Crippen LogP contribution in [0.5, 0.6) is 0 Å². The summed E-state index contributed by atoms with van der Waals surface area (Å²) in [6.07, 6.45) is 0. The maximum absolute atomic E-state index is 7.33. The first kappa shape index (κ1) is 23.4. The first-order valence-corrected chi connectivity index (χ1v) is 3.46. The van der Waals surface area contributed by atoms with Crippen LogP contribution in [0.3, 0.4) is 0 Å². The van der Waals surface area contributed by atoms with E-state index >= 15 is 0 Å². The third-order valence-corrected chi connectivity index (χ3v) is 0. The fourth-order valence-electron chi connectivity index (χ4n) is 0. The van der Waals surface area contributed by atoms with Crippen LogP contribution < -0.4 is 0 Å². The van der Waals surface area contributed by atoms with Gasteiger partial charge in [-0.05, 0) is 0 Å². The van der Waals surface area contributed by atoms with Crippen LogP contribution >= 0.6 is 0 Å². The zero-order valence-electron chi connectivity index (χ0n) is 4.21. The second kappa shape index (κ2) is 12.5. The predicted molar refractivity (Wildman–Crippen MR) is 44.1 cm³/mol. The second-order valence-electron chi connectivity index (χ2n) is 0.946. The average Bonchev–Trinajstić information content (AvgIpc) is 1.19. The van der Waals surface area contributed by atoms with Crippen LogP contribution in [0.25, 0.3) is 0 Å². The van der Waals surface area contributed by atoms with Gasteiger partial charge in [0.05, 0.1) is 0 Å². The molecular weight excluding hydrogens is 231 g/mol. The molecule has 7 N–H and O–H groups in total. The Labute approximate surface area is 124 Å². The van der Waals surface area contributed by atoms with Gasteiger partial charge in [-0.2, -0.15) is 0 Å². The molecule has 0 aromatic heterocycles. The first-order chi connectivity index (χ1) is 3.73. The topological polar surface area (TPSA) is 142 Å². The Hall–Kier alpha value is 2.52. The minimum absolute atomic E-state index is 0. The van der Waals surface area contributed by atoms with Crippen LogP contribution in [0.2, 0.25) is 0 Å². The maximum atomic E-state index is 7.33. The fraction of sp³-hybridized carbons (Fsp3) is 0. The van der Waals surface area contributed by atoms with Crippen molar-refractivity contribution in [2.24, 2.45) is 0 Å². The summed E-state index contributed by atoms with van der Waals surface area (Å²) in [6, 6.07) is 0. The van der Waals surface area contributed by atoms with Crippen molar-refractivity contribution in [3.05, 3.63) is 0 Å². The second-order valence-corrected chi connectivity index (χ2v) is 2.15. The molecule has 0 spiro atoms. The normalized spacial score (nSPS) is 7.91.